The van der Waals surface area contributed by atoms with Gasteiger partial charge in [-0.3, -0.25) is 34.3 Å². The highest BCUT2D eigenvalue weighted by molar-refractivity contribution is 6.43. The quantitative estimate of drug-likeness (QED) is 0.639. The van der Waals surface area contributed by atoms with Crippen LogP contribution in [0.15, 0.2) is 30.5 Å². The molecule has 11 heteroatoms. The molecule has 2 aromatic rings. The monoisotopic (exact) mass is 501 g/mol. The lowest BCUT2D eigenvalue weighted by Crippen LogP contribution is -2.54. The Labute approximate surface area is 205 Å². The molecule has 1 aromatic heterocycles. The summed E-state index contributed by atoms with van der Waals surface area (Å²) in [6.45, 7) is 3.57. The highest BCUT2D eigenvalue weighted by atomic mass is 35.5. The summed E-state index contributed by atoms with van der Waals surface area (Å²) >= 11 is 12.4. The van der Waals surface area contributed by atoms with Gasteiger partial charge in [0, 0.05) is 45.3 Å². The number of nitrogens with one attached hydrogen (secondary N) is 1. The molecule has 5 rings (SSSR count). The van der Waals surface area contributed by atoms with Crippen LogP contribution in [0.5, 0.6) is 0 Å². The molecule has 0 aliphatic carbocycles. The first-order chi connectivity index (χ1) is 16.3. The molecular formula is C23H21Cl2N5O4. The molecule has 0 bridgehead atoms. The number of halogens is 2. The van der Waals surface area contributed by atoms with E-state index in [4.69, 9.17) is 23.2 Å². The van der Waals surface area contributed by atoms with Crippen molar-refractivity contribution in [2.24, 2.45) is 0 Å². The molecule has 9 nitrogen and oxygen atoms in total. The third kappa shape index (κ3) is 4.04. The Hall–Kier alpha value is -3.01. The van der Waals surface area contributed by atoms with Crippen LogP contribution in [0.4, 0.5) is 5.82 Å². The lowest BCUT2D eigenvalue weighted by atomic mass is 10.0. The van der Waals surface area contributed by atoms with Crippen LogP contribution in [-0.4, -0.2) is 70.6 Å². The summed E-state index contributed by atoms with van der Waals surface area (Å²) in [4.78, 5) is 59.2. The highest BCUT2D eigenvalue weighted by Crippen LogP contribution is 2.31. The number of anilines is 1. The molecule has 0 radical (unpaired) electrons. The Kier molecular flexibility index (Phi) is 6.01. The van der Waals surface area contributed by atoms with Gasteiger partial charge in [0.2, 0.25) is 11.8 Å². The molecule has 1 aromatic carbocycles. The van der Waals surface area contributed by atoms with Crippen LogP contribution in [0.25, 0.3) is 0 Å². The van der Waals surface area contributed by atoms with Gasteiger partial charge in [-0.2, -0.15) is 0 Å². The number of imide groups is 2. The molecule has 4 heterocycles. The number of pyridine rings is 1. The van der Waals surface area contributed by atoms with Gasteiger partial charge in [-0.25, -0.2) is 4.98 Å². The second-order valence-corrected chi connectivity index (χ2v) is 9.31. The van der Waals surface area contributed by atoms with Gasteiger partial charge in [0.1, 0.15) is 16.9 Å². The fraction of sp³-hybridized carbons (Fsp3) is 0.348. The van der Waals surface area contributed by atoms with Crippen LogP contribution >= 0.6 is 23.2 Å². The average molecular weight is 502 g/mol. The maximum atomic E-state index is 13.0. The molecule has 2 saturated heterocycles. The molecule has 0 saturated carbocycles. The van der Waals surface area contributed by atoms with Crippen LogP contribution < -0.4 is 10.2 Å². The number of piperazine rings is 1. The van der Waals surface area contributed by atoms with Gasteiger partial charge in [0.05, 0.1) is 16.1 Å². The normalized spacial score (nSPS) is 21.2. The molecule has 3 aliphatic rings. The van der Waals surface area contributed by atoms with Crippen molar-refractivity contribution in [2.45, 2.75) is 25.4 Å². The van der Waals surface area contributed by atoms with Crippen molar-refractivity contribution in [3.63, 3.8) is 0 Å². The molecule has 2 fully saturated rings. The van der Waals surface area contributed by atoms with E-state index in [1.54, 1.807) is 24.4 Å². The molecule has 1 atom stereocenters. The first-order valence-corrected chi connectivity index (χ1v) is 11.7. The summed E-state index contributed by atoms with van der Waals surface area (Å²) in [7, 11) is 0. The molecule has 176 valence electrons. The van der Waals surface area contributed by atoms with Crippen molar-refractivity contribution in [2.75, 3.05) is 31.1 Å². The lowest BCUT2D eigenvalue weighted by Gasteiger charge is -2.35. The van der Waals surface area contributed by atoms with E-state index in [2.05, 4.69) is 20.1 Å². The maximum Gasteiger partial charge on any atom is 0.262 e. The number of nitrogens with zero attached hydrogens (tertiary/aromatic N) is 4. The fourth-order valence-electron chi connectivity index (χ4n) is 4.62. The second-order valence-electron chi connectivity index (χ2n) is 8.52. The number of piperidine rings is 1. The summed E-state index contributed by atoms with van der Waals surface area (Å²) in [5.41, 5.74) is 1.48. The van der Waals surface area contributed by atoms with E-state index in [0.29, 0.717) is 28.0 Å². The number of hydrogen-bond donors (Lipinski definition) is 1. The zero-order valence-corrected chi connectivity index (χ0v) is 19.6. The fourth-order valence-corrected chi connectivity index (χ4v) is 5.00. The SMILES string of the molecule is O=C1CCC(N2C(=O)c3ccc(CN4CCN(c5nccc(Cl)c5Cl)CC4)cc3C2=O)C(=O)N1. The first kappa shape index (κ1) is 22.8. The number of benzene rings is 1. The molecular weight excluding hydrogens is 481 g/mol. The van der Waals surface area contributed by atoms with Crippen molar-refractivity contribution in [1.82, 2.24) is 20.1 Å². The Balaban J connectivity index is 1.26. The number of hydrogen-bond acceptors (Lipinski definition) is 7. The first-order valence-electron chi connectivity index (χ1n) is 11.0. The van der Waals surface area contributed by atoms with Crippen molar-refractivity contribution in [1.29, 1.82) is 0 Å². The molecule has 34 heavy (non-hydrogen) atoms. The van der Waals surface area contributed by atoms with Gasteiger partial charge in [-0.1, -0.05) is 29.3 Å². The topological polar surface area (TPSA) is 103 Å². The van der Waals surface area contributed by atoms with Crippen LogP contribution in [0.1, 0.15) is 39.1 Å². The molecule has 3 aliphatic heterocycles. The van der Waals surface area contributed by atoms with Crippen LogP contribution in [0.3, 0.4) is 0 Å². The Morgan fingerprint density at radius 1 is 0.971 bits per heavy atom. The predicted molar refractivity (Wildman–Crippen MR) is 125 cm³/mol. The molecule has 1 unspecified atom stereocenters. The van der Waals surface area contributed by atoms with E-state index in [1.165, 1.54) is 0 Å². The van der Waals surface area contributed by atoms with Gasteiger partial charge in [-0.05, 0) is 30.2 Å². The number of rotatable bonds is 4. The van der Waals surface area contributed by atoms with E-state index in [9.17, 15) is 19.2 Å². The van der Waals surface area contributed by atoms with Crippen molar-refractivity contribution in [3.05, 3.63) is 57.2 Å². The number of aromatic nitrogens is 1. The minimum atomic E-state index is -0.964. The molecule has 1 N–H and O–H groups in total. The Morgan fingerprint density at radius 3 is 2.44 bits per heavy atom. The minimum Gasteiger partial charge on any atom is -0.353 e. The number of carbonyl (C=O) groups excluding carboxylic acids is 4. The third-order valence-corrected chi connectivity index (χ3v) is 7.19. The minimum absolute atomic E-state index is 0.0942. The standard InChI is InChI=1S/C23H21Cl2N5O4/c24-16-5-6-26-20(19(16)25)29-9-7-28(8-10-29)12-13-1-2-14-15(11-13)23(34)30(22(14)33)17-3-4-18(31)27-21(17)32/h1-2,5-6,11,17H,3-4,7-10,12H2,(H,27,31,32). The van der Waals surface area contributed by atoms with Gasteiger partial charge in [0.25, 0.3) is 11.8 Å². The lowest BCUT2D eigenvalue weighted by molar-refractivity contribution is -0.136. The van der Waals surface area contributed by atoms with Gasteiger partial charge < -0.3 is 4.90 Å². The predicted octanol–water partition coefficient (Wildman–Crippen LogP) is 2.11. The van der Waals surface area contributed by atoms with Crippen LogP contribution in [-0.2, 0) is 16.1 Å². The van der Waals surface area contributed by atoms with Crippen LogP contribution in [0, 0.1) is 0 Å². The third-order valence-electron chi connectivity index (χ3n) is 6.41. The number of carbonyl (C=O) groups is 4. The average Bonchev–Trinajstić information content (AvgIpc) is 3.06. The maximum absolute atomic E-state index is 13.0. The van der Waals surface area contributed by atoms with Crippen molar-refractivity contribution in [3.8, 4) is 0 Å². The Morgan fingerprint density at radius 2 is 1.71 bits per heavy atom. The van der Waals surface area contributed by atoms with Gasteiger partial charge in [-0.15, -0.1) is 0 Å². The van der Waals surface area contributed by atoms with Gasteiger partial charge in [0.15, 0.2) is 0 Å². The largest absolute Gasteiger partial charge is 0.353 e. The summed E-state index contributed by atoms with van der Waals surface area (Å²) in [6.07, 6.45) is 1.87. The number of amides is 4. The number of fused-ring (bicyclic) bond motifs is 1. The van der Waals surface area contributed by atoms with Gasteiger partial charge >= 0.3 is 0 Å². The summed E-state index contributed by atoms with van der Waals surface area (Å²) < 4.78 is 0. The second kappa shape index (κ2) is 8.98. The molecule has 4 amide bonds. The van der Waals surface area contributed by atoms with Crippen LogP contribution in [0.2, 0.25) is 10.0 Å². The highest BCUT2D eigenvalue weighted by Gasteiger charge is 2.44. The van der Waals surface area contributed by atoms with Crippen molar-refractivity contribution < 1.29 is 19.2 Å². The summed E-state index contributed by atoms with van der Waals surface area (Å²) in [6, 6.07) is 5.89. The van der Waals surface area contributed by atoms with E-state index in [0.717, 1.165) is 36.6 Å². The smallest absolute Gasteiger partial charge is 0.262 e. The molecule has 0 spiro atoms. The van der Waals surface area contributed by atoms with E-state index in [-0.39, 0.29) is 18.4 Å². The Bertz CT molecular complexity index is 1210. The summed E-state index contributed by atoms with van der Waals surface area (Å²) in [5, 5.41) is 3.12. The van der Waals surface area contributed by atoms with E-state index in [1.807, 2.05) is 6.07 Å². The van der Waals surface area contributed by atoms with E-state index >= 15 is 0 Å². The summed E-state index contributed by atoms with van der Waals surface area (Å²) in [5.74, 6) is -1.33. The van der Waals surface area contributed by atoms with E-state index < -0.39 is 29.7 Å². The zero-order valence-electron chi connectivity index (χ0n) is 18.1. The zero-order chi connectivity index (χ0) is 24.0. The van der Waals surface area contributed by atoms with Crippen molar-refractivity contribution >= 4 is 52.6 Å².